The molecule has 2 aromatic rings. The van der Waals surface area contributed by atoms with Gasteiger partial charge in [-0.15, -0.1) is 10.2 Å². The maximum Gasteiger partial charge on any atom is 0.225 e. The fourth-order valence-corrected chi connectivity index (χ4v) is 2.32. The molecule has 0 spiro atoms. The first-order valence-electron chi connectivity index (χ1n) is 6.66. The molecule has 1 heterocycles. The van der Waals surface area contributed by atoms with Gasteiger partial charge in [-0.25, -0.2) is 13.1 Å². The zero-order valence-corrected chi connectivity index (χ0v) is 13.5. The van der Waals surface area contributed by atoms with Crippen LogP contribution in [0.25, 0.3) is 5.69 Å². The molecule has 2 N–H and O–H groups in total. The summed E-state index contributed by atoms with van der Waals surface area (Å²) >= 11 is 0. The predicted octanol–water partition coefficient (Wildman–Crippen LogP) is 0.154. The molecule has 0 bridgehead atoms. The fourth-order valence-electron chi connectivity index (χ4n) is 1.85. The van der Waals surface area contributed by atoms with Gasteiger partial charge in [0.2, 0.25) is 15.9 Å². The Hall–Kier alpha value is -2.46. The number of hydrogen-bond donors (Lipinski definition) is 2. The Labute approximate surface area is 133 Å². The molecule has 2 rings (SSSR count). The fraction of sp³-hybridized carbons (Fsp3) is 0.308. The van der Waals surface area contributed by atoms with Crippen LogP contribution in [0.2, 0.25) is 0 Å². The lowest BCUT2D eigenvalue weighted by Gasteiger charge is -2.12. The molecule has 0 aliphatic carbocycles. The van der Waals surface area contributed by atoms with Crippen molar-refractivity contribution in [2.24, 2.45) is 0 Å². The molecule has 0 atom stereocenters. The Bertz CT molecular complexity index is 774. The lowest BCUT2D eigenvalue weighted by Crippen LogP contribution is -2.26. The number of nitrogens with zero attached hydrogens (tertiary/aromatic N) is 3. The quantitative estimate of drug-likeness (QED) is 0.742. The van der Waals surface area contributed by atoms with Crippen molar-refractivity contribution in [1.29, 1.82) is 0 Å². The first-order chi connectivity index (χ1) is 10.9. The van der Waals surface area contributed by atoms with E-state index in [4.69, 9.17) is 4.74 Å². The number of carbonyl (C=O) groups is 1. The number of benzene rings is 1. The van der Waals surface area contributed by atoms with E-state index in [-0.39, 0.29) is 18.9 Å². The number of anilines is 1. The number of rotatable bonds is 7. The van der Waals surface area contributed by atoms with Crippen molar-refractivity contribution < 1.29 is 17.9 Å². The Balaban J connectivity index is 2.08. The van der Waals surface area contributed by atoms with E-state index in [2.05, 4.69) is 20.2 Å². The molecule has 10 heteroatoms. The number of carbonyl (C=O) groups excluding carboxylic acids is 1. The molecule has 0 unspecified atom stereocenters. The summed E-state index contributed by atoms with van der Waals surface area (Å²) in [4.78, 5) is 11.9. The molecule has 0 aliphatic rings. The van der Waals surface area contributed by atoms with E-state index in [0.29, 0.717) is 11.4 Å². The minimum atomic E-state index is -3.31. The zero-order valence-electron chi connectivity index (χ0n) is 12.7. The van der Waals surface area contributed by atoms with Gasteiger partial charge in [-0.05, 0) is 18.2 Å². The summed E-state index contributed by atoms with van der Waals surface area (Å²) in [6.45, 7) is 0.0259. The summed E-state index contributed by atoms with van der Waals surface area (Å²) in [7, 11) is -1.82. The van der Waals surface area contributed by atoms with Crippen molar-refractivity contribution in [3.05, 3.63) is 30.9 Å². The van der Waals surface area contributed by atoms with Crippen LogP contribution >= 0.6 is 0 Å². The average Bonchev–Trinajstić information content (AvgIpc) is 3.00. The monoisotopic (exact) mass is 339 g/mol. The zero-order chi connectivity index (χ0) is 16.9. The number of aromatic nitrogens is 3. The van der Waals surface area contributed by atoms with Crippen LogP contribution in [-0.4, -0.2) is 49.0 Å². The third kappa shape index (κ3) is 5.04. The van der Waals surface area contributed by atoms with Crippen molar-refractivity contribution in [3.8, 4) is 11.4 Å². The Morgan fingerprint density at radius 2 is 2.00 bits per heavy atom. The summed E-state index contributed by atoms with van der Waals surface area (Å²) in [6, 6.07) is 5.22. The van der Waals surface area contributed by atoms with Crippen molar-refractivity contribution in [2.45, 2.75) is 6.42 Å². The van der Waals surface area contributed by atoms with Crippen LogP contribution in [-0.2, 0) is 14.8 Å². The van der Waals surface area contributed by atoms with Crippen LogP contribution in [0.3, 0.4) is 0 Å². The third-order valence-corrected chi connectivity index (χ3v) is 3.62. The van der Waals surface area contributed by atoms with Gasteiger partial charge in [0.05, 0.1) is 24.7 Å². The second kappa shape index (κ2) is 7.20. The predicted molar refractivity (Wildman–Crippen MR) is 84.0 cm³/mol. The van der Waals surface area contributed by atoms with Crippen molar-refractivity contribution in [3.63, 3.8) is 0 Å². The SMILES string of the molecule is COc1ccc(-n2cnnc2)cc1NC(=O)CCNS(C)(=O)=O. The molecule has 9 nitrogen and oxygen atoms in total. The van der Waals surface area contributed by atoms with Crippen LogP contribution in [0, 0.1) is 0 Å². The van der Waals surface area contributed by atoms with Gasteiger partial charge in [0.25, 0.3) is 0 Å². The van der Waals surface area contributed by atoms with Gasteiger partial charge >= 0.3 is 0 Å². The Kier molecular flexibility index (Phi) is 5.29. The van der Waals surface area contributed by atoms with Crippen molar-refractivity contribution in [1.82, 2.24) is 19.5 Å². The van der Waals surface area contributed by atoms with Gasteiger partial charge in [0.1, 0.15) is 18.4 Å². The van der Waals surface area contributed by atoms with Gasteiger partial charge in [-0.3, -0.25) is 9.36 Å². The van der Waals surface area contributed by atoms with Gasteiger partial charge < -0.3 is 10.1 Å². The minimum absolute atomic E-state index is 0.00703. The first-order valence-corrected chi connectivity index (χ1v) is 8.56. The van der Waals surface area contributed by atoms with Crippen molar-refractivity contribution >= 4 is 21.6 Å². The van der Waals surface area contributed by atoms with Gasteiger partial charge in [-0.1, -0.05) is 0 Å². The van der Waals surface area contributed by atoms with Gasteiger partial charge in [-0.2, -0.15) is 0 Å². The van der Waals surface area contributed by atoms with Crippen molar-refractivity contribution in [2.75, 3.05) is 25.2 Å². The normalized spacial score (nSPS) is 11.2. The molecular weight excluding hydrogens is 322 g/mol. The number of nitrogens with one attached hydrogen (secondary N) is 2. The molecule has 0 aliphatic heterocycles. The minimum Gasteiger partial charge on any atom is -0.495 e. The van der Waals surface area contributed by atoms with Gasteiger partial charge in [0.15, 0.2) is 0 Å². The molecule has 124 valence electrons. The number of ether oxygens (including phenoxy) is 1. The smallest absolute Gasteiger partial charge is 0.225 e. The van der Waals surface area contributed by atoms with Crippen LogP contribution in [0.1, 0.15) is 6.42 Å². The summed E-state index contributed by atoms with van der Waals surface area (Å²) in [5.41, 5.74) is 1.23. The molecule has 1 aromatic heterocycles. The van der Waals surface area contributed by atoms with E-state index in [1.807, 2.05) is 0 Å². The van der Waals surface area contributed by atoms with E-state index in [1.165, 1.54) is 19.8 Å². The lowest BCUT2D eigenvalue weighted by molar-refractivity contribution is -0.116. The largest absolute Gasteiger partial charge is 0.495 e. The third-order valence-electron chi connectivity index (χ3n) is 2.89. The van der Waals surface area contributed by atoms with E-state index in [0.717, 1.165) is 11.9 Å². The molecule has 0 saturated heterocycles. The molecule has 0 saturated carbocycles. The van der Waals surface area contributed by atoms with Crippen LogP contribution < -0.4 is 14.8 Å². The molecular formula is C13H17N5O4S. The Morgan fingerprint density at radius 1 is 1.30 bits per heavy atom. The van der Waals surface area contributed by atoms with Crippen LogP contribution in [0.5, 0.6) is 5.75 Å². The second-order valence-corrected chi connectivity index (χ2v) is 6.55. The van der Waals surface area contributed by atoms with Crippen LogP contribution in [0.15, 0.2) is 30.9 Å². The Morgan fingerprint density at radius 3 is 2.61 bits per heavy atom. The molecule has 0 radical (unpaired) electrons. The van der Waals surface area contributed by atoms with E-state index in [9.17, 15) is 13.2 Å². The van der Waals surface area contributed by atoms with E-state index >= 15 is 0 Å². The highest BCUT2D eigenvalue weighted by atomic mass is 32.2. The second-order valence-electron chi connectivity index (χ2n) is 4.72. The maximum atomic E-state index is 11.9. The number of hydrogen-bond acceptors (Lipinski definition) is 6. The maximum absolute atomic E-state index is 11.9. The summed E-state index contributed by atoms with van der Waals surface area (Å²) < 4.78 is 31.1. The van der Waals surface area contributed by atoms with Crippen LogP contribution in [0.4, 0.5) is 5.69 Å². The number of sulfonamides is 1. The van der Waals surface area contributed by atoms with E-state index in [1.54, 1.807) is 22.8 Å². The summed E-state index contributed by atoms with van der Waals surface area (Å²) in [5, 5.41) is 10.1. The lowest BCUT2D eigenvalue weighted by atomic mass is 10.2. The summed E-state index contributed by atoms with van der Waals surface area (Å²) in [6.07, 6.45) is 4.11. The highest BCUT2D eigenvalue weighted by molar-refractivity contribution is 7.88. The van der Waals surface area contributed by atoms with Gasteiger partial charge in [0, 0.05) is 13.0 Å². The van der Waals surface area contributed by atoms with E-state index < -0.39 is 10.0 Å². The first kappa shape index (κ1) is 16.9. The number of methoxy groups -OCH3 is 1. The molecule has 1 amide bonds. The average molecular weight is 339 g/mol. The highest BCUT2D eigenvalue weighted by Gasteiger charge is 2.10. The highest BCUT2D eigenvalue weighted by Crippen LogP contribution is 2.27. The summed E-state index contributed by atoms with van der Waals surface area (Å²) in [5.74, 6) is 0.159. The molecule has 1 aromatic carbocycles. The number of amides is 1. The molecule has 0 fully saturated rings. The standard InChI is InChI=1S/C13H17N5O4S/c1-22-12-4-3-10(18-8-14-15-9-18)7-11(12)17-13(19)5-6-16-23(2,20)21/h3-4,7-9,16H,5-6H2,1-2H3,(H,17,19). The molecule has 23 heavy (non-hydrogen) atoms. The topological polar surface area (TPSA) is 115 Å².